The number of aromatic nitrogens is 1. The van der Waals surface area contributed by atoms with E-state index >= 15 is 0 Å². The molecule has 3 aromatic rings. The number of nitrogens with zero attached hydrogens (tertiary/aromatic N) is 1. The van der Waals surface area contributed by atoms with Crippen LogP contribution in [0.3, 0.4) is 0 Å². The van der Waals surface area contributed by atoms with E-state index in [1.807, 2.05) is 0 Å². The molecule has 0 saturated heterocycles. The van der Waals surface area contributed by atoms with Crippen molar-refractivity contribution >= 4 is 28.0 Å². The topological polar surface area (TPSA) is 78.6 Å². The minimum atomic E-state index is -1.11. The fraction of sp³-hybridized carbons (Fsp3) is 0.188. The van der Waals surface area contributed by atoms with Crippen molar-refractivity contribution in [3.63, 3.8) is 0 Å². The first-order valence-corrected chi connectivity index (χ1v) is 6.73. The van der Waals surface area contributed by atoms with Gasteiger partial charge in [0.25, 0.3) is 5.79 Å². The highest BCUT2D eigenvalue weighted by molar-refractivity contribution is 5.98. The number of esters is 1. The Balaban J connectivity index is 2.09. The molecular weight excluding hydrogens is 286 g/mol. The molecule has 0 unspecified atom stereocenters. The average molecular weight is 297 g/mol. The highest BCUT2D eigenvalue weighted by atomic mass is 16.7. The number of pyridine rings is 1. The van der Waals surface area contributed by atoms with E-state index in [1.165, 1.54) is 6.07 Å². The van der Waals surface area contributed by atoms with Crippen molar-refractivity contribution in [1.82, 2.24) is 4.98 Å². The molecule has 110 valence electrons. The first-order chi connectivity index (χ1) is 10.4. The molecule has 6 heteroatoms. The second-order valence-corrected chi connectivity index (χ2v) is 5.51. The molecule has 0 amide bonds. The van der Waals surface area contributed by atoms with Gasteiger partial charge in [-0.15, -0.1) is 0 Å². The van der Waals surface area contributed by atoms with E-state index in [-0.39, 0.29) is 28.0 Å². The zero-order valence-corrected chi connectivity index (χ0v) is 11.9. The van der Waals surface area contributed by atoms with E-state index in [9.17, 15) is 9.59 Å². The van der Waals surface area contributed by atoms with Crippen LogP contribution >= 0.6 is 0 Å². The third-order valence-corrected chi connectivity index (χ3v) is 3.44. The molecule has 1 aromatic carbocycles. The molecule has 4 rings (SSSR count). The predicted molar refractivity (Wildman–Crippen MR) is 77.9 cm³/mol. The lowest BCUT2D eigenvalue weighted by atomic mass is 10.1. The third kappa shape index (κ3) is 1.77. The molecule has 1 aliphatic rings. The van der Waals surface area contributed by atoms with E-state index in [4.69, 9.17) is 13.9 Å². The molecule has 0 spiro atoms. The fourth-order valence-electron chi connectivity index (χ4n) is 2.47. The molecule has 0 saturated carbocycles. The van der Waals surface area contributed by atoms with E-state index in [0.717, 1.165) is 0 Å². The van der Waals surface area contributed by atoms with Crippen LogP contribution in [0, 0.1) is 0 Å². The van der Waals surface area contributed by atoms with Crippen LogP contribution in [0.5, 0.6) is 5.88 Å². The summed E-state index contributed by atoms with van der Waals surface area (Å²) in [4.78, 5) is 28.7. The summed E-state index contributed by atoms with van der Waals surface area (Å²) < 4.78 is 16.3. The van der Waals surface area contributed by atoms with Gasteiger partial charge >= 0.3 is 5.97 Å². The van der Waals surface area contributed by atoms with Crippen molar-refractivity contribution in [2.75, 3.05) is 0 Å². The van der Waals surface area contributed by atoms with Crippen LogP contribution in [0.25, 0.3) is 22.1 Å². The smallest absolute Gasteiger partial charge is 0.346 e. The zero-order valence-electron chi connectivity index (χ0n) is 11.9. The minimum absolute atomic E-state index is 0.104. The highest BCUT2D eigenvalue weighted by Crippen LogP contribution is 2.31. The summed E-state index contributed by atoms with van der Waals surface area (Å²) in [7, 11) is 0. The Morgan fingerprint density at radius 3 is 2.64 bits per heavy atom. The predicted octanol–water partition coefficient (Wildman–Crippen LogP) is 2.63. The highest BCUT2D eigenvalue weighted by Gasteiger charge is 2.35. The van der Waals surface area contributed by atoms with Gasteiger partial charge in [0.15, 0.2) is 0 Å². The Morgan fingerprint density at radius 2 is 1.82 bits per heavy atom. The summed E-state index contributed by atoms with van der Waals surface area (Å²) in [6, 6.07) is 8.28. The second kappa shape index (κ2) is 4.07. The molecule has 3 heterocycles. The molecule has 22 heavy (non-hydrogen) atoms. The molecule has 6 nitrogen and oxygen atoms in total. The van der Waals surface area contributed by atoms with Gasteiger partial charge in [-0.1, -0.05) is 12.1 Å². The zero-order chi connectivity index (χ0) is 15.5. The van der Waals surface area contributed by atoms with Crippen LogP contribution in [0.4, 0.5) is 0 Å². The Labute approximate surface area is 124 Å². The molecule has 0 radical (unpaired) electrons. The number of benzene rings is 1. The number of hydrogen-bond donors (Lipinski definition) is 0. The lowest BCUT2D eigenvalue weighted by Gasteiger charge is -2.30. The van der Waals surface area contributed by atoms with Gasteiger partial charge in [0.1, 0.15) is 11.1 Å². The average Bonchev–Trinajstić information content (AvgIpc) is 2.45. The lowest BCUT2D eigenvalue weighted by molar-refractivity contribution is -0.129. The number of hydrogen-bond acceptors (Lipinski definition) is 6. The summed E-state index contributed by atoms with van der Waals surface area (Å²) in [6.07, 6.45) is 0. The van der Waals surface area contributed by atoms with Gasteiger partial charge < -0.3 is 13.9 Å². The van der Waals surface area contributed by atoms with Crippen LogP contribution in [0.1, 0.15) is 24.2 Å². The van der Waals surface area contributed by atoms with Gasteiger partial charge in [0.2, 0.25) is 17.0 Å². The first kappa shape index (κ1) is 12.8. The number of carbonyl (C=O) groups excluding carboxylic acids is 1. The summed E-state index contributed by atoms with van der Waals surface area (Å²) in [5, 5.41) is 0.653. The van der Waals surface area contributed by atoms with E-state index in [1.54, 1.807) is 38.1 Å². The van der Waals surface area contributed by atoms with Crippen LogP contribution in [0.15, 0.2) is 39.5 Å². The van der Waals surface area contributed by atoms with Crippen molar-refractivity contribution in [1.29, 1.82) is 0 Å². The van der Waals surface area contributed by atoms with Crippen molar-refractivity contribution in [2.24, 2.45) is 0 Å². The normalized spacial score (nSPS) is 16.2. The number of cyclic esters (lactones) is 1. The number of carbonyl (C=O) groups is 1. The first-order valence-electron chi connectivity index (χ1n) is 6.73. The molecular formula is C16H11NO5. The maximum Gasteiger partial charge on any atom is 0.346 e. The monoisotopic (exact) mass is 297 g/mol. The van der Waals surface area contributed by atoms with Gasteiger partial charge in [0, 0.05) is 13.8 Å². The van der Waals surface area contributed by atoms with Crippen molar-refractivity contribution in [3.05, 3.63) is 46.1 Å². The van der Waals surface area contributed by atoms with Crippen LogP contribution in [-0.4, -0.2) is 16.7 Å². The Hall–Kier alpha value is -2.89. The van der Waals surface area contributed by atoms with Crippen molar-refractivity contribution in [3.8, 4) is 5.88 Å². The molecule has 0 atom stereocenters. The SMILES string of the molecule is CC1(C)OC(=O)c2cc3c(=O)c4ccccc4oc3nc2O1. The molecule has 2 aromatic heterocycles. The lowest BCUT2D eigenvalue weighted by Crippen LogP contribution is -2.39. The van der Waals surface area contributed by atoms with Gasteiger partial charge in [-0.25, -0.2) is 4.79 Å². The van der Waals surface area contributed by atoms with E-state index in [2.05, 4.69) is 4.98 Å². The van der Waals surface area contributed by atoms with Crippen molar-refractivity contribution in [2.45, 2.75) is 19.6 Å². The largest absolute Gasteiger partial charge is 0.437 e. The Bertz CT molecular complexity index is 1000. The molecule has 0 N–H and O–H groups in total. The van der Waals surface area contributed by atoms with Crippen LogP contribution in [-0.2, 0) is 4.74 Å². The maximum atomic E-state index is 12.5. The standard InChI is InChI=1S/C16H11NO5/c1-16(2)21-14-10(15(19)22-16)7-9-12(18)8-5-3-4-6-11(8)20-13(9)17-14/h3-7H,1-2H3. The quantitative estimate of drug-likeness (QED) is 0.469. The third-order valence-electron chi connectivity index (χ3n) is 3.44. The van der Waals surface area contributed by atoms with Crippen LogP contribution < -0.4 is 10.2 Å². The van der Waals surface area contributed by atoms with E-state index < -0.39 is 11.8 Å². The van der Waals surface area contributed by atoms with Gasteiger partial charge in [-0.2, -0.15) is 4.98 Å². The Kier molecular flexibility index (Phi) is 2.37. The van der Waals surface area contributed by atoms with Crippen LogP contribution in [0.2, 0.25) is 0 Å². The summed E-state index contributed by atoms with van der Waals surface area (Å²) in [5.41, 5.74) is 0.442. The van der Waals surface area contributed by atoms with Gasteiger partial charge in [0.05, 0.1) is 10.8 Å². The van der Waals surface area contributed by atoms with Gasteiger partial charge in [-0.05, 0) is 18.2 Å². The maximum absolute atomic E-state index is 12.5. The minimum Gasteiger partial charge on any atom is -0.437 e. The number of ether oxygens (including phenoxy) is 2. The molecule has 0 fully saturated rings. The van der Waals surface area contributed by atoms with Crippen molar-refractivity contribution < 1.29 is 18.7 Å². The molecule has 0 bridgehead atoms. The van der Waals surface area contributed by atoms with Gasteiger partial charge in [-0.3, -0.25) is 4.79 Å². The van der Waals surface area contributed by atoms with E-state index in [0.29, 0.717) is 11.0 Å². The molecule has 0 aliphatic carbocycles. The fourth-order valence-corrected chi connectivity index (χ4v) is 2.47. The summed E-state index contributed by atoms with van der Waals surface area (Å²) in [5.74, 6) is -1.58. The summed E-state index contributed by atoms with van der Waals surface area (Å²) >= 11 is 0. The second-order valence-electron chi connectivity index (χ2n) is 5.51. The molecule has 1 aliphatic heterocycles. The number of rotatable bonds is 0. The number of fused-ring (bicyclic) bond motifs is 3. The number of para-hydroxylation sites is 1. The Morgan fingerprint density at radius 1 is 1.05 bits per heavy atom. The summed E-state index contributed by atoms with van der Waals surface area (Å²) in [6.45, 7) is 3.21.